The molecule has 5 heteroatoms. The summed E-state index contributed by atoms with van der Waals surface area (Å²) in [6, 6.07) is 11.9. The van der Waals surface area contributed by atoms with Gasteiger partial charge in [-0.3, -0.25) is 4.79 Å². The number of hydrogen-bond donors (Lipinski definition) is 1. The maximum absolute atomic E-state index is 13.0. The second-order valence-corrected chi connectivity index (χ2v) is 7.36. The summed E-state index contributed by atoms with van der Waals surface area (Å²) in [5.41, 5.74) is 3.13. The molecule has 2 aliphatic carbocycles. The van der Waals surface area contributed by atoms with Crippen LogP contribution in [0.15, 0.2) is 48.8 Å². The first-order chi connectivity index (χ1) is 12.7. The predicted molar refractivity (Wildman–Crippen MR) is 98.4 cm³/mol. The molecule has 2 saturated carbocycles. The molecule has 132 valence electrons. The highest BCUT2D eigenvalue weighted by Crippen LogP contribution is 2.49. The molecule has 0 spiro atoms. The van der Waals surface area contributed by atoms with Gasteiger partial charge in [-0.2, -0.15) is 0 Å². The van der Waals surface area contributed by atoms with E-state index in [4.69, 9.17) is 4.74 Å². The molecule has 0 atom stereocenters. The van der Waals surface area contributed by atoms with Gasteiger partial charge in [0.05, 0.1) is 17.2 Å². The summed E-state index contributed by atoms with van der Waals surface area (Å²) in [6.45, 7) is 2.00. The van der Waals surface area contributed by atoms with Gasteiger partial charge >= 0.3 is 0 Å². The van der Waals surface area contributed by atoms with Crippen molar-refractivity contribution in [3.63, 3.8) is 0 Å². The Morgan fingerprint density at radius 1 is 1.23 bits per heavy atom. The molecule has 1 N–H and O–H groups in total. The molecule has 26 heavy (non-hydrogen) atoms. The van der Waals surface area contributed by atoms with E-state index in [0.29, 0.717) is 17.3 Å². The predicted octanol–water partition coefficient (Wildman–Crippen LogP) is 3.60. The normalized spacial score (nSPS) is 17.9. The molecule has 3 aromatic rings. The van der Waals surface area contributed by atoms with Crippen LogP contribution in [0, 0.1) is 6.92 Å². The van der Waals surface area contributed by atoms with Gasteiger partial charge in [-0.15, -0.1) is 0 Å². The first kappa shape index (κ1) is 15.4. The molecule has 0 saturated heterocycles. The van der Waals surface area contributed by atoms with Gasteiger partial charge in [0.25, 0.3) is 5.91 Å². The van der Waals surface area contributed by atoms with Gasteiger partial charge < -0.3 is 14.5 Å². The van der Waals surface area contributed by atoms with Crippen LogP contribution in [0.3, 0.4) is 0 Å². The number of aryl methyl sites for hydroxylation is 1. The minimum Gasteiger partial charge on any atom is -0.490 e. The Balaban J connectivity index is 1.45. The Kier molecular flexibility index (Phi) is 3.32. The van der Waals surface area contributed by atoms with E-state index in [1.165, 1.54) is 0 Å². The average molecular weight is 347 g/mol. The fourth-order valence-corrected chi connectivity index (χ4v) is 3.52. The zero-order chi connectivity index (χ0) is 17.7. The van der Waals surface area contributed by atoms with Crippen LogP contribution in [-0.2, 0) is 5.54 Å². The maximum atomic E-state index is 13.0. The lowest BCUT2D eigenvalue weighted by atomic mass is 10.0. The van der Waals surface area contributed by atoms with Crippen molar-refractivity contribution in [2.75, 3.05) is 0 Å². The SMILES string of the molecule is Cc1ccnc2c(C(=O)NC3(c4ccccc4OC4CC4)CC3)ccn12. The van der Waals surface area contributed by atoms with Crippen LogP contribution < -0.4 is 10.1 Å². The lowest BCUT2D eigenvalue weighted by Crippen LogP contribution is -2.35. The van der Waals surface area contributed by atoms with Crippen LogP contribution in [-0.4, -0.2) is 21.4 Å². The van der Waals surface area contributed by atoms with Crippen molar-refractivity contribution < 1.29 is 9.53 Å². The average Bonchev–Trinajstić information content (AvgIpc) is 3.56. The number of carbonyl (C=O) groups is 1. The maximum Gasteiger partial charge on any atom is 0.255 e. The third-order valence-corrected chi connectivity index (χ3v) is 5.32. The van der Waals surface area contributed by atoms with Gasteiger partial charge in [-0.25, -0.2) is 4.98 Å². The standard InChI is InChI=1S/C21H21N3O2/c1-14-8-12-22-19-16(9-13-24(14)19)20(25)23-21(10-11-21)17-4-2-3-5-18(17)26-15-6-7-15/h2-5,8-9,12-13,15H,6-7,10-11H2,1H3,(H,23,25). The van der Waals surface area contributed by atoms with Crippen LogP contribution in [0.2, 0.25) is 0 Å². The first-order valence-electron chi connectivity index (χ1n) is 9.18. The number of amides is 1. The molecule has 2 fully saturated rings. The van der Waals surface area contributed by atoms with Gasteiger partial charge in [-0.1, -0.05) is 18.2 Å². The summed E-state index contributed by atoms with van der Waals surface area (Å²) in [6.07, 6.45) is 8.09. The van der Waals surface area contributed by atoms with E-state index in [1.807, 2.05) is 47.9 Å². The van der Waals surface area contributed by atoms with Crippen LogP contribution in [0.1, 0.15) is 47.3 Å². The quantitative estimate of drug-likeness (QED) is 0.767. The zero-order valence-corrected chi connectivity index (χ0v) is 14.7. The van der Waals surface area contributed by atoms with Crippen LogP contribution in [0.25, 0.3) is 5.65 Å². The summed E-state index contributed by atoms with van der Waals surface area (Å²) in [5.74, 6) is 0.827. The van der Waals surface area contributed by atoms with Gasteiger partial charge in [0.15, 0.2) is 0 Å². The molecule has 5 nitrogen and oxygen atoms in total. The molecular formula is C21H21N3O2. The zero-order valence-electron chi connectivity index (χ0n) is 14.7. The van der Waals surface area contributed by atoms with Crippen molar-refractivity contribution in [1.82, 2.24) is 14.7 Å². The largest absolute Gasteiger partial charge is 0.490 e. The summed E-state index contributed by atoms with van der Waals surface area (Å²) in [7, 11) is 0. The highest BCUT2D eigenvalue weighted by atomic mass is 16.5. The summed E-state index contributed by atoms with van der Waals surface area (Å²) in [4.78, 5) is 17.4. The number of rotatable bonds is 5. The minimum atomic E-state index is -0.319. The van der Waals surface area contributed by atoms with Gasteiger partial charge in [0, 0.05) is 23.7 Å². The number of carbonyl (C=O) groups excluding carboxylic acids is 1. The fourth-order valence-electron chi connectivity index (χ4n) is 3.52. The van der Waals surface area contributed by atoms with Crippen LogP contribution in [0.4, 0.5) is 0 Å². The van der Waals surface area contributed by atoms with Gasteiger partial charge in [0.2, 0.25) is 0 Å². The molecular weight excluding hydrogens is 326 g/mol. The molecule has 2 aliphatic rings. The summed E-state index contributed by atoms with van der Waals surface area (Å²) >= 11 is 0. The molecule has 2 heterocycles. The Labute approximate surface area is 152 Å². The number of nitrogens with one attached hydrogen (secondary N) is 1. The van der Waals surface area contributed by atoms with E-state index >= 15 is 0 Å². The van der Waals surface area contributed by atoms with E-state index < -0.39 is 0 Å². The van der Waals surface area contributed by atoms with E-state index in [1.54, 1.807) is 6.20 Å². The number of benzene rings is 1. The number of ether oxygens (including phenoxy) is 1. The highest BCUT2D eigenvalue weighted by molar-refractivity contribution is 6.00. The minimum absolute atomic E-state index is 0.0793. The van der Waals surface area contributed by atoms with Gasteiger partial charge in [-0.05, 0) is 50.8 Å². The molecule has 2 aromatic heterocycles. The molecule has 0 unspecified atom stereocenters. The molecule has 5 rings (SSSR count). The molecule has 0 aliphatic heterocycles. The van der Waals surface area contributed by atoms with Crippen molar-refractivity contribution in [1.29, 1.82) is 0 Å². The number of hydrogen-bond acceptors (Lipinski definition) is 3. The van der Waals surface area contributed by atoms with Crippen LogP contribution >= 0.6 is 0 Å². The smallest absolute Gasteiger partial charge is 0.255 e. The first-order valence-corrected chi connectivity index (χ1v) is 9.18. The van der Waals surface area contributed by atoms with E-state index in [-0.39, 0.29) is 11.4 Å². The summed E-state index contributed by atoms with van der Waals surface area (Å²) in [5, 5.41) is 3.26. The van der Waals surface area contributed by atoms with Crippen LogP contribution in [0.5, 0.6) is 5.75 Å². The van der Waals surface area contributed by atoms with E-state index in [2.05, 4.69) is 16.4 Å². The van der Waals surface area contributed by atoms with E-state index in [9.17, 15) is 4.79 Å². The molecule has 1 aromatic carbocycles. The summed E-state index contributed by atoms with van der Waals surface area (Å²) < 4.78 is 8.02. The lowest BCUT2D eigenvalue weighted by Gasteiger charge is -2.21. The Hall–Kier alpha value is -2.82. The monoisotopic (exact) mass is 347 g/mol. The number of aromatic nitrogens is 2. The van der Waals surface area contributed by atoms with Gasteiger partial charge in [0.1, 0.15) is 11.4 Å². The molecule has 0 radical (unpaired) electrons. The number of fused-ring (bicyclic) bond motifs is 1. The third kappa shape index (κ3) is 2.55. The van der Waals surface area contributed by atoms with Crippen molar-refractivity contribution in [3.8, 4) is 5.75 Å². The molecule has 1 amide bonds. The van der Waals surface area contributed by atoms with E-state index in [0.717, 1.165) is 42.7 Å². The number of para-hydroxylation sites is 1. The fraction of sp³-hybridized carbons (Fsp3) is 0.333. The Morgan fingerprint density at radius 2 is 2.04 bits per heavy atom. The highest BCUT2D eigenvalue weighted by Gasteiger charge is 2.48. The third-order valence-electron chi connectivity index (χ3n) is 5.32. The Morgan fingerprint density at radius 3 is 2.81 bits per heavy atom. The second kappa shape index (κ2) is 5.59. The topological polar surface area (TPSA) is 55.6 Å². The lowest BCUT2D eigenvalue weighted by molar-refractivity contribution is 0.0931. The van der Waals surface area contributed by atoms with Crippen molar-refractivity contribution in [2.24, 2.45) is 0 Å². The van der Waals surface area contributed by atoms with Crippen molar-refractivity contribution >= 4 is 11.6 Å². The van der Waals surface area contributed by atoms with Crippen molar-refractivity contribution in [2.45, 2.75) is 44.2 Å². The molecule has 0 bridgehead atoms. The Bertz CT molecular complexity index is 999. The second-order valence-electron chi connectivity index (χ2n) is 7.36. The number of nitrogens with zero attached hydrogens (tertiary/aromatic N) is 2. The van der Waals surface area contributed by atoms with Crippen molar-refractivity contribution in [3.05, 3.63) is 65.6 Å².